The van der Waals surface area contributed by atoms with Crippen LogP contribution in [0.5, 0.6) is 0 Å². The number of amides is 2. The van der Waals surface area contributed by atoms with Gasteiger partial charge in [0.25, 0.3) is 0 Å². The summed E-state index contributed by atoms with van der Waals surface area (Å²) in [5.41, 5.74) is 6.64. The largest absolute Gasteiger partial charge is 0.444 e. The summed E-state index contributed by atoms with van der Waals surface area (Å²) in [6.07, 6.45) is 1.46. The Kier molecular flexibility index (Phi) is 4.40. The molecule has 118 valence electrons. The predicted octanol–water partition coefficient (Wildman–Crippen LogP) is 2.09. The van der Waals surface area contributed by atoms with Crippen LogP contribution in [0, 0.1) is 0 Å². The maximum atomic E-state index is 11.8. The highest BCUT2D eigenvalue weighted by Crippen LogP contribution is 2.19. The van der Waals surface area contributed by atoms with Gasteiger partial charge in [0.15, 0.2) is 0 Å². The third-order valence-electron chi connectivity index (χ3n) is 3.13. The summed E-state index contributed by atoms with van der Waals surface area (Å²) in [6, 6.07) is 6.91. The molecule has 0 aliphatic carbocycles. The number of benzene rings is 1. The lowest BCUT2D eigenvalue weighted by molar-refractivity contribution is -0.120. The van der Waals surface area contributed by atoms with Gasteiger partial charge in [-0.3, -0.25) is 4.79 Å². The van der Waals surface area contributed by atoms with Crippen molar-refractivity contribution >= 4 is 22.9 Å². The first-order valence-electron chi connectivity index (χ1n) is 7.10. The van der Waals surface area contributed by atoms with Gasteiger partial charge in [0, 0.05) is 23.5 Å². The van der Waals surface area contributed by atoms with E-state index in [9.17, 15) is 9.59 Å². The maximum absolute atomic E-state index is 11.8. The number of fused-ring (bicyclic) bond motifs is 1. The van der Waals surface area contributed by atoms with Gasteiger partial charge < -0.3 is 20.8 Å². The van der Waals surface area contributed by atoms with Crippen LogP contribution in [-0.4, -0.2) is 28.6 Å². The fourth-order valence-electron chi connectivity index (χ4n) is 2.19. The van der Waals surface area contributed by atoms with Gasteiger partial charge >= 0.3 is 6.09 Å². The second-order valence-corrected chi connectivity index (χ2v) is 6.16. The molecule has 2 rings (SSSR count). The molecular weight excluding hydrogens is 282 g/mol. The van der Waals surface area contributed by atoms with E-state index in [4.69, 9.17) is 10.5 Å². The minimum Gasteiger partial charge on any atom is -0.444 e. The Labute approximate surface area is 129 Å². The molecule has 0 saturated heterocycles. The first kappa shape index (κ1) is 15.9. The number of hydrogen-bond donors (Lipinski definition) is 3. The highest BCUT2D eigenvalue weighted by Gasteiger charge is 2.23. The number of rotatable bonds is 4. The van der Waals surface area contributed by atoms with Gasteiger partial charge in [0.05, 0.1) is 0 Å². The molecule has 0 saturated carbocycles. The van der Waals surface area contributed by atoms with E-state index in [1.807, 2.05) is 30.5 Å². The number of alkyl carbamates (subject to hydrolysis) is 1. The molecule has 0 aliphatic rings. The van der Waals surface area contributed by atoms with Crippen molar-refractivity contribution in [2.45, 2.75) is 38.8 Å². The Morgan fingerprint density at radius 3 is 2.64 bits per heavy atom. The van der Waals surface area contributed by atoms with Crippen molar-refractivity contribution in [1.29, 1.82) is 0 Å². The molecule has 6 heteroatoms. The van der Waals surface area contributed by atoms with E-state index in [1.54, 1.807) is 20.8 Å². The summed E-state index contributed by atoms with van der Waals surface area (Å²) in [7, 11) is 0. The average Bonchev–Trinajstić information content (AvgIpc) is 2.79. The third-order valence-corrected chi connectivity index (χ3v) is 3.13. The summed E-state index contributed by atoms with van der Waals surface area (Å²) >= 11 is 0. The second kappa shape index (κ2) is 6.09. The van der Waals surface area contributed by atoms with Crippen LogP contribution in [0.2, 0.25) is 0 Å². The SMILES string of the molecule is CC(C)(C)OC(=O)N[C@H](Cc1c[nH]c2ccccc12)C(N)=O. The molecule has 0 radical (unpaired) electrons. The lowest BCUT2D eigenvalue weighted by Gasteiger charge is -2.22. The van der Waals surface area contributed by atoms with E-state index >= 15 is 0 Å². The number of para-hydroxylation sites is 1. The minimum absolute atomic E-state index is 0.304. The van der Waals surface area contributed by atoms with E-state index in [1.165, 1.54) is 0 Å². The van der Waals surface area contributed by atoms with E-state index < -0.39 is 23.6 Å². The number of primary amides is 1. The van der Waals surface area contributed by atoms with Crippen molar-refractivity contribution in [3.05, 3.63) is 36.0 Å². The van der Waals surface area contributed by atoms with E-state index in [0.29, 0.717) is 6.42 Å². The standard InChI is InChI=1S/C16H21N3O3/c1-16(2,3)22-15(21)19-13(14(17)20)8-10-9-18-12-7-5-4-6-11(10)12/h4-7,9,13,18H,8H2,1-3H3,(H2,17,20)(H,19,21)/t13-/m1/s1. The van der Waals surface area contributed by atoms with Crippen molar-refractivity contribution in [1.82, 2.24) is 10.3 Å². The van der Waals surface area contributed by atoms with Crippen molar-refractivity contribution in [2.75, 3.05) is 0 Å². The number of carbonyl (C=O) groups excluding carboxylic acids is 2. The third kappa shape index (κ3) is 4.00. The topological polar surface area (TPSA) is 97.2 Å². The van der Waals surface area contributed by atoms with Gasteiger partial charge in [-0.25, -0.2) is 4.79 Å². The molecule has 4 N–H and O–H groups in total. The van der Waals surface area contributed by atoms with E-state index in [-0.39, 0.29) is 0 Å². The Morgan fingerprint density at radius 2 is 2.00 bits per heavy atom. The van der Waals surface area contributed by atoms with Crippen LogP contribution in [0.3, 0.4) is 0 Å². The number of aromatic nitrogens is 1. The van der Waals surface area contributed by atoms with Gasteiger partial charge in [-0.15, -0.1) is 0 Å². The molecule has 0 bridgehead atoms. The molecule has 0 unspecified atom stereocenters. The Balaban J connectivity index is 2.12. The average molecular weight is 303 g/mol. The van der Waals surface area contributed by atoms with Crippen LogP contribution >= 0.6 is 0 Å². The zero-order chi connectivity index (χ0) is 16.3. The molecular formula is C16H21N3O3. The van der Waals surface area contributed by atoms with Crippen molar-refractivity contribution in [2.24, 2.45) is 5.73 Å². The predicted molar refractivity (Wildman–Crippen MR) is 84.4 cm³/mol. The molecule has 6 nitrogen and oxygen atoms in total. The fourth-order valence-corrected chi connectivity index (χ4v) is 2.19. The van der Waals surface area contributed by atoms with Crippen molar-refractivity contribution in [3.63, 3.8) is 0 Å². The van der Waals surface area contributed by atoms with Gasteiger partial charge in [-0.2, -0.15) is 0 Å². The molecule has 0 spiro atoms. The number of ether oxygens (including phenoxy) is 1. The highest BCUT2D eigenvalue weighted by atomic mass is 16.6. The van der Waals surface area contributed by atoms with Crippen LogP contribution in [0.25, 0.3) is 10.9 Å². The Bertz CT molecular complexity index is 685. The minimum atomic E-state index is -0.825. The monoisotopic (exact) mass is 303 g/mol. The van der Waals surface area contributed by atoms with Crippen LogP contribution < -0.4 is 11.1 Å². The van der Waals surface area contributed by atoms with Crippen molar-refractivity contribution in [3.8, 4) is 0 Å². The first-order chi connectivity index (χ1) is 10.3. The van der Waals surface area contributed by atoms with Crippen molar-refractivity contribution < 1.29 is 14.3 Å². The molecule has 1 atom stereocenters. The molecule has 1 aromatic heterocycles. The molecule has 1 heterocycles. The quantitative estimate of drug-likeness (QED) is 0.806. The highest BCUT2D eigenvalue weighted by molar-refractivity contribution is 5.87. The zero-order valence-electron chi connectivity index (χ0n) is 13.0. The van der Waals surface area contributed by atoms with Crippen LogP contribution in [-0.2, 0) is 16.0 Å². The summed E-state index contributed by atoms with van der Waals surface area (Å²) in [5, 5.41) is 3.53. The summed E-state index contributed by atoms with van der Waals surface area (Å²) < 4.78 is 5.16. The number of nitrogens with one attached hydrogen (secondary N) is 2. The number of aromatic amines is 1. The summed E-state index contributed by atoms with van der Waals surface area (Å²) in [6.45, 7) is 5.27. The number of H-pyrrole nitrogens is 1. The van der Waals surface area contributed by atoms with Crippen LogP contribution in [0.15, 0.2) is 30.5 Å². The lowest BCUT2D eigenvalue weighted by Crippen LogP contribution is -2.47. The zero-order valence-corrected chi connectivity index (χ0v) is 13.0. The molecule has 0 aliphatic heterocycles. The summed E-state index contributed by atoms with van der Waals surface area (Å²) in [4.78, 5) is 26.5. The molecule has 22 heavy (non-hydrogen) atoms. The smallest absolute Gasteiger partial charge is 0.408 e. The number of hydrogen-bond acceptors (Lipinski definition) is 3. The maximum Gasteiger partial charge on any atom is 0.408 e. The number of carbonyl (C=O) groups is 2. The van der Waals surface area contributed by atoms with E-state index in [2.05, 4.69) is 10.3 Å². The molecule has 0 fully saturated rings. The second-order valence-electron chi connectivity index (χ2n) is 6.16. The Hall–Kier alpha value is -2.50. The van der Waals surface area contributed by atoms with Gasteiger partial charge in [0.1, 0.15) is 11.6 Å². The first-order valence-corrected chi connectivity index (χ1v) is 7.10. The molecule has 1 aromatic carbocycles. The molecule has 2 aromatic rings. The molecule has 2 amide bonds. The van der Waals surface area contributed by atoms with Gasteiger partial charge in [0.2, 0.25) is 5.91 Å². The summed E-state index contributed by atoms with van der Waals surface area (Å²) in [5.74, 6) is -0.601. The van der Waals surface area contributed by atoms with E-state index in [0.717, 1.165) is 16.5 Å². The number of nitrogens with two attached hydrogens (primary N) is 1. The van der Waals surface area contributed by atoms with Gasteiger partial charge in [-0.1, -0.05) is 18.2 Å². The Morgan fingerprint density at radius 1 is 1.32 bits per heavy atom. The fraction of sp³-hybridized carbons (Fsp3) is 0.375. The van der Waals surface area contributed by atoms with Crippen LogP contribution in [0.4, 0.5) is 4.79 Å². The van der Waals surface area contributed by atoms with Crippen LogP contribution in [0.1, 0.15) is 26.3 Å². The normalized spacial score (nSPS) is 12.9. The van der Waals surface area contributed by atoms with Gasteiger partial charge in [-0.05, 0) is 32.4 Å². The lowest BCUT2D eigenvalue weighted by atomic mass is 10.0.